The normalized spacial score (nSPS) is 11.7. The van der Waals surface area contributed by atoms with Crippen molar-refractivity contribution in [2.24, 2.45) is 7.05 Å². The van der Waals surface area contributed by atoms with Crippen LogP contribution < -0.4 is 5.73 Å². The van der Waals surface area contributed by atoms with E-state index < -0.39 is 11.7 Å². The standard InChI is InChI=1S/C19H17F3N2O/c1-11-5-3-7-13(9-11)16-17(25)15(18(23)24(16)2)12-6-4-8-14(10-12)19(20,21)22/h3-10,25H,23H2,1-2H3. The summed E-state index contributed by atoms with van der Waals surface area (Å²) < 4.78 is 40.5. The van der Waals surface area contributed by atoms with E-state index in [1.165, 1.54) is 12.1 Å². The van der Waals surface area contributed by atoms with Gasteiger partial charge in [0.2, 0.25) is 0 Å². The summed E-state index contributed by atoms with van der Waals surface area (Å²) >= 11 is 0. The van der Waals surface area contributed by atoms with E-state index in [1.54, 1.807) is 11.6 Å². The number of halogens is 3. The topological polar surface area (TPSA) is 51.2 Å². The summed E-state index contributed by atoms with van der Waals surface area (Å²) in [4.78, 5) is 0. The first-order valence-electron chi connectivity index (χ1n) is 7.62. The Kier molecular flexibility index (Phi) is 3.99. The molecule has 0 bridgehead atoms. The van der Waals surface area contributed by atoms with Crippen LogP contribution in [0, 0.1) is 6.92 Å². The highest BCUT2D eigenvalue weighted by Gasteiger charge is 2.31. The number of aromatic nitrogens is 1. The van der Waals surface area contributed by atoms with Gasteiger partial charge < -0.3 is 15.4 Å². The van der Waals surface area contributed by atoms with Crippen LogP contribution in [-0.4, -0.2) is 9.67 Å². The molecule has 130 valence electrons. The van der Waals surface area contributed by atoms with Gasteiger partial charge in [-0.2, -0.15) is 13.2 Å². The molecule has 0 radical (unpaired) electrons. The Bertz CT molecular complexity index is 942. The summed E-state index contributed by atoms with van der Waals surface area (Å²) in [6.45, 7) is 1.92. The molecule has 0 amide bonds. The van der Waals surface area contributed by atoms with Gasteiger partial charge in [0, 0.05) is 12.6 Å². The van der Waals surface area contributed by atoms with Gasteiger partial charge in [-0.1, -0.05) is 35.9 Å². The lowest BCUT2D eigenvalue weighted by Crippen LogP contribution is -2.04. The first-order chi connectivity index (χ1) is 11.7. The van der Waals surface area contributed by atoms with Crippen LogP contribution in [0.2, 0.25) is 0 Å². The lowest BCUT2D eigenvalue weighted by Gasteiger charge is -2.09. The van der Waals surface area contributed by atoms with Crippen LogP contribution in [0.15, 0.2) is 48.5 Å². The molecular weight excluding hydrogens is 329 g/mol. The number of anilines is 1. The second kappa shape index (κ2) is 5.88. The number of aryl methyl sites for hydroxylation is 1. The van der Waals surface area contributed by atoms with Crippen LogP contribution in [0.1, 0.15) is 11.1 Å². The molecule has 0 spiro atoms. The van der Waals surface area contributed by atoms with E-state index in [9.17, 15) is 18.3 Å². The lowest BCUT2D eigenvalue weighted by atomic mass is 10.0. The number of hydrogen-bond acceptors (Lipinski definition) is 2. The number of hydrogen-bond donors (Lipinski definition) is 2. The molecule has 0 atom stereocenters. The first-order valence-corrected chi connectivity index (χ1v) is 7.62. The Labute approximate surface area is 143 Å². The van der Waals surface area contributed by atoms with Crippen LogP contribution in [-0.2, 0) is 13.2 Å². The van der Waals surface area contributed by atoms with E-state index in [0.717, 1.165) is 23.3 Å². The predicted molar refractivity (Wildman–Crippen MR) is 92.1 cm³/mol. The number of rotatable bonds is 2. The highest BCUT2D eigenvalue weighted by Crippen LogP contribution is 2.45. The second-order valence-corrected chi connectivity index (χ2v) is 5.96. The molecule has 0 aliphatic rings. The van der Waals surface area contributed by atoms with Gasteiger partial charge >= 0.3 is 6.18 Å². The molecule has 0 aliphatic carbocycles. The van der Waals surface area contributed by atoms with Crippen molar-refractivity contribution in [3.05, 3.63) is 59.7 Å². The molecule has 3 aromatic rings. The molecule has 25 heavy (non-hydrogen) atoms. The van der Waals surface area contributed by atoms with Crippen LogP contribution >= 0.6 is 0 Å². The summed E-state index contributed by atoms with van der Waals surface area (Å²) in [6.07, 6.45) is -4.46. The lowest BCUT2D eigenvalue weighted by molar-refractivity contribution is -0.137. The van der Waals surface area contributed by atoms with Gasteiger partial charge in [-0.05, 0) is 30.7 Å². The van der Waals surface area contributed by atoms with E-state index in [2.05, 4.69) is 0 Å². The van der Waals surface area contributed by atoms with E-state index in [-0.39, 0.29) is 22.7 Å². The van der Waals surface area contributed by atoms with Crippen molar-refractivity contribution in [1.29, 1.82) is 0 Å². The summed E-state index contributed by atoms with van der Waals surface area (Å²) in [5.74, 6) is 0.0678. The maximum atomic E-state index is 13.0. The Balaban J connectivity index is 2.21. The summed E-state index contributed by atoms with van der Waals surface area (Å²) in [7, 11) is 1.67. The molecule has 3 nitrogen and oxygen atoms in total. The molecule has 0 saturated carbocycles. The molecule has 6 heteroatoms. The highest BCUT2D eigenvalue weighted by molar-refractivity contribution is 5.89. The van der Waals surface area contributed by atoms with E-state index in [4.69, 9.17) is 5.73 Å². The maximum absolute atomic E-state index is 13.0. The average Bonchev–Trinajstić information content (AvgIpc) is 2.76. The van der Waals surface area contributed by atoms with Gasteiger partial charge in [0.05, 0.1) is 16.8 Å². The summed E-state index contributed by atoms with van der Waals surface area (Å²) in [5.41, 5.74) is 7.93. The third-order valence-electron chi connectivity index (χ3n) is 4.18. The minimum Gasteiger partial charge on any atom is -0.505 e. The van der Waals surface area contributed by atoms with Gasteiger partial charge in [-0.25, -0.2) is 0 Å². The predicted octanol–water partition coefficient (Wildman–Crippen LogP) is 4.97. The molecule has 3 rings (SSSR count). The number of nitrogen functional groups attached to an aromatic ring is 1. The smallest absolute Gasteiger partial charge is 0.416 e. The third-order valence-corrected chi connectivity index (χ3v) is 4.18. The molecule has 1 heterocycles. The van der Waals surface area contributed by atoms with Crippen molar-refractivity contribution in [2.45, 2.75) is 13.1 Å². The molecule has 0 saturated heterocycles. The van der Waals surface area contributed by atoms with Crippen LogP contribution in [0.5, 0.6) is 5.75 Å². The Morgan fingerprint density at radius 1 is 1.00 bits per heavy atom. The third kappa shape index (κ3) is 2.95. The second-order valence-electron chi connectivity index (χ2n) is 5.96. The molecule has 1 aromatic heterocycles. The van der Waals surface area contributed by atoms with Gasteiger partial charge in [0.1, 0.15) is 5.82 Å². The van der Waals surface area contributed by atoms with E-state index >= 15 is 0 Å². The van der Waals surface area contributed by atoms with Crippen LogP contribution in [0.25, 0.3) is 22.4 Å². The molecule has 0 unspecified atom stereocenters. The maximum Gasteiger partial charge on any atom is 0.416 e. The number of alkyl halides is 3. The fourth-order valence-corrected chi connectivity index (χ4v) is 2.95. The Hall–Kier alpha value is -2.89. The monoisotopic (exact) mass is 346 g/mol. The van der Waals surface area contributed by atoms with E-state index in [1.807, 2.05) is 31.2 Å². The Morgan fingerprint density at radius 2 is 1.64 bits per heavy atom. The van der Waals surface area contributed by atoms with Crippen LogP contribution in [0.3, 0.4) is 0 Å². The fraction of sp³-hybridized carbons (Fsp3) is 0.158. The van der Waals surface area contributed by atoms with Gasteiger partial charge in [-0.15, -0.1) is 0 Å². The average molecular weight is 346 g/mol. The number of nitrogens with two attached hydrogens (primary N) is 1. The number of nitrogens with zero attached hydrogens (tertiary/aromatic N) is 1. The molecule has 0 aliphatic heterocycles. The van der Waals surface area contributed by atoms with Crippen molar-refractivity contribution in [3.63, 3.8) is 0 Å². The quantitative estimate of drug-likeness (QED) is 0.688. The zero-order chi connectivity index (χ0) is 18.4. The number of aromatic hydroxyl groups is 1. The zero-order valence-electron chi connectivity index (χ0n) is 13.7. The molecule has 0 fully saturated rings. The van der Waals surface area contributed by atoms with Crippen molar-refractivity contribution < 1.29 is 18.3 Å². The van der Waals surface area contributed by atoms with Crippen LogP contribution in [0.4, 0.5) is 19.0 Å². The molecule has 2 aromatic carbocycles. The van der Waals surface area contributed by atoms with Gasteiger partial charge in [-0.3, -0.25) is 0 Å². The molecule has 3 N–H and O–H groups in total. The van der Waals surface area contributed by atoms with E-state index in [0.29, 0.717) is 5.69 Å². The SMILES string of the molecule is Cc1cccc(-c2c(O)c(-c3cccc(C(F)(F)F)c3)c(N)n2C)c1. The van der Waals surface area contributed by atoms with Gasteiger partial charge in [0.25, 0.3) is 0 Å². The molecular formula is C19H17F3N2O. The van der Waals surface area contributed by atoms with Crippen molar-refractivity contribution in [2.75, 3.05) is 5.73 Å². The zero-order valence-corrected chi connectivity index (χ0v) is 13.7. The van der Waals surface area contributed by atoms with Crippen molar-refractivity contribution in [1.82, 2.24) is 4.57 Å². The van der Waals surface area contributed by atoms with Crippen molar-refractivity contribution in [3.8, 4) is 28.1 Å². The minimum atomic E-state index is -4.46. The Morgan fingerprint density at radius 3 is 2.28 bits per heavy atom. The number of benzene rings is 2. The highest BCUT2D eigenvalue weighted by atomic mass is 19.4. The summed E-state index contributed by atoms with van der Waals surface area (Å²) in [6, 6.07) is 12.2. The van der Waals surface area contributed by atoms with Crippen molar-refractivity contribution >= 4 is 5.82 Å². The minimum absolute atomic E-state index is 0.134. The van der Waals surface area contributed by atoms with Gasteiger partial charge in [0.15, 0.2) is 5.75 Å². The largest absolute Gasteiger partial charge is 0.505 e. The summed E-state index contributed by atoms with van der Waals surface area (Å²) in [5, 5.41) is 10.7. The first kappa shape index (κ1) is 17.0. The fourth-order valence-electron chi connectivity index (χ4n) is 2.95.